The number of aromatic nitrogens is 2. The zero-order valence-corrected chi connectivity index (χ0v) is 18.1. The Balaban J connectivity index is 1.77. The molecule has 1 aliphatic rings. The highest BCUT2D eigenvalue weighted by molar-refractivity contribution is 7.15. The Hall–Kier alpha value is -3.59. The fraction of sp³-hybridized carbons (Fsp3) is 0.217. The van der Waals surface area contributed by atoms with Crippen LogP contribution in [0.1, 0.15) is 46.1 Å². The molecule has 1 amide bonds. The first kappa shape index (κ1) is 20.3. The number of methoxy groups -OCH3 is 1. The number of carbonyl (C=O) groups excluding carboxylic acids is 1. The van der Waals surface area contributed by atoms with E-state index in [4.69, 9.17) is 9.15 Å². The molecule has 0 bridgehead atoms. The summed E-state index contributed by atoms with van der Waals surface area (Å²) in [7, 11) is 1.54. The van der Waals surface area contributed by atoms with Crippen LogP contribution in [-0.2, 0) is 6.42 Å². The summed E-state index contributed by atoms with van der Waals surface area (Å²) < 4.78 is 25.1. The molecule has 0 saturated carbocycles. The molecule has 0 radical (unpaired) electrons. The third-order valence-corrected chi connectivity index (χ3v) is 6.35. The van der Waals surface area contributed by atoms with Crippen LogP contribution in [0.2, 0.25) is 0 Å². The predicted molar refractivity (Wildman–Crippen MR) is 118 cm³/mol. The zero-order chi connectivity index (χ0) is 22.4. The van der Waals surface area contributed by atoms with Gasteiger partial charge in [-0.15, -0.1) is 10.2 Å². The second kappa shape index (κ2) is 7.83. The molecule has 7 nitrogen and oxygen atoms in total. The number of hydrogen-bond acceptors (Lipinski definition) is 7. The van der Waals surface area contributed by atoms with Crippen LogP contribution in [0.25, 0.3) is 11.0 Å². The summed E-state index contributed by atoms with van der Waals surface area (Å²) in [5.74, 6) is -0.551. The van der Waals surface area contributed by atoms with Gasteiger partial charge in [0.15, 0.2) is 5.43 Å². The van der Waals surface area contributed by atoms with Crippen LogP contribution in [0.15, 0.2) is 51.7 Å². The first-order valence-corrected chi connectivity index (χ1v) is 10.9. The molecule has 4 aromatic rings. The van der Waals surface area contributed by atoms with Gasteiger partial charge in [0.2, 0.25) is 10.9 Å². The van der Waals surface area contributed by atoms with E-state index in [1.807, 2.05) is 6.92 Å². The molecular weight excluding hydrogens is 433 g/mol. The Morgan fingerprint density at radius 1 is 1.19 bits per heavy atom. The Morgan fingerprint density at radius 2 is 2.03 bits per heavy atom. The average molecular weight is 451 g/mol. The van der Waals surface area contributed by atoms with Crippen molar-refractivity contribution in [1.29, 1.82) is 0 Å². The van der Waals surface area contributed by atoms with Crippen LogP contribution in [0.4, 0.5) is 9.52 Å². The number of aryl methyl sites for hydroxylation is 1. The molecule has 162 valence electrons. The largest absolute Gasteiger partial charge is 0.497 e. The lowest BCUT2D eigenvalue weighted by atomic mass is 9.98. The van der Waals surface area contributed by atoms with E-state index in [1.165, 1.54) is 35.5 Å². The monoisotopic (exact) mass is 451 g/mol. The molecule has 2 aromatic heterocycles. The number of nitrogens with zero attached hydrogens (tertiary/aromatic N) is 3. The number of halogens is 1. The standard InChI is InChI=1S/C23H18FN3O4S/c1-3-5-17-25-26-23(32-17)27-19(12-6-4-7-14(10-12)30-2)18-20(28)15-11-13(24)8-9-16(15)31-21(18)22(27)29/h4,6-11,19H,3,5H2,1-2H3. The second-order valence-electron chi connectivity index (χ2n) is 7.40. The van der Waals surface area contributed by atoms with Gasteiger partial charge in [-0.2, -0.15) is 0 Å². The molecule has 0 N–H and O–H groups in total. The van der Waals surface area contributed by atoms with Gasteiger partial charge in [-0.05, 0) is 42.3 Å². The minimum Gasteiger partial charge on any atom is -0.497 e. The minimum absolute atomic E-state index is 0.0748. The lowest BCUT2D eigenvalue weighted by Gasteiger charge is -2.22. The highest BCUT2D eigenvalue weighted by Crippen LogP contribution is 2.42. The molecule has 0 aliphatic carbocycles. The van der Waals surface area contributed by atoms with Crippen molar-refractivity contribution >= 4 is 33.3 Å². The van der Waals surface area contributed by atoms with Crippen molar-refractivity contribution in [2.75, 3.05) is 12.0 Å². The maximum Gasteiger partial charge on any atom is 0.297 e. The van der Waals surface area contributed by atoms with Gasteiger partial charge in [0.1, 0.15) is 22.2 Å². The maximum atomic E-state index is 13.9. The average Bonchev–Trinajstić information content (AvgIpc) is 3.37. The molecule has 9 heteroatoms. The SMILES string of the molecule is CCCc1nnc(N2C(=O)c3oc4ccc(F)cc4c(=O)c3C2c2cccc(OC)c2)s1. The molecule has 2 aromatic carbocycles. The summed E-state index contributed by atoms with van der Waals surface area (Å²) in [6.45, 7) is 2.03. The Morgan fingerprint density at radius 3 is 2.81 bits per heavy atom. The summed E-state index contributed by atoms with van der Waals surface area (Å²) in [6, 6.07) is 9.96. The molecule has 3 heterocycles. The van der Waals surface area contributed by atoms with Crippen LogP contribution in [-0.4, -0.2) is 23.2 Å². The van der Waals surface area contributed by atoms with Crippen molar-refractivity contribution in [1.82, 2.24) is 10.2 Å². The number of ether oxygens (including phenoxy) is 1. The van der Waals surface area contributed by atoms with E-state index in [9.17, 15) is 14.0 Å². The molecule has 0 saturated heterocycles. The van der Waals surface area contributed by atoms with E-state index in [-0.39, 0.29) is 22.3 Å². The van der Waals surface area contributed by atoms with Gasteiger partial charge in [-0.3, -0.25) is 14.5 Å². The van der Waals surface area contributed by atoms with Crippen LogP contribution in [0, 0.1) is 5.82 Å². The van der Waals surface area contributed by atoms with Crippen molar-refractivity contribution < 1.29 is 18.3 Å². The molecule has 32 heavy (non-hydrogen) atoms. The quantitative estimate of drug-likeness (QED) is 0.444. The van der Waals surface area contributed by atoms with Crippen molar-refractivity contribution in [2.24, 2.45) is 0 Å². The fourth-order valence-corrected chi connectivity index (χ4v) is 4.89. The molecule has 1 unspecified atom stereocenters. The van der Waals surface area contributed by atoms with E-state index in [2.05, 4.69) is 10.2 Å². The first-order valence-electron chi connectivity index (χ1n) is 10.1. The van der Waals surface area contributed by atoms with E-state index in [0.717, 1.165) is 23.9 Å². The van der Waals surface area contributed by atoms with Crippen molar-refractivity contribution in [3.05, 3.63) is 80.4 Å². The molecule has 0 fully saturated rings. The molecule has 1 atom stereocenters. The van der Waals surface area contributed by atoms with Crippen LogP contribution in [0.3, 0.4) is 0 Å². The van der Waals surface area contributed by atoms with Gasteiger partial charge in [0.05, 0.1) is 24.1 Å². The summed E-state index contributed by atoms with van der Waals surface area (Å²) in [4.78, 5) is 28.4. The van der Waals surface area contributed by atoms with E-state index in [0.29, 0.717) is 16.4 Å². The number of anilines is 1. The summed E-state index contributed by atoms with van der Waals surface area (Å²) >= 11 is 1.30. The molecular formula is C23H18FN3O4S. The topological polar surface area (TPSA) is 85.5 Å². The zero-order valence-electron chi connectivity index (χ0n) is 17.3. The molecule has 1 aliphatic heterocycles. The van der Waals surface area contributed by atoms with Crippen molar-refractivity contribution in [2.45, 2.75) is 25.8 Å². The summed E-state index contributed by atoms with van der Waals surface area (Å²) in [5, 5.41) is 9.65. The molecule has 5 rings (SSSR count). The maximum absolute atomic E-state index is 13.9. The van der Waals surface area contributed by atoms with Gasteiger partial charge >= 0.3 is 0 Å². The summed E-state index contributed by atoms with van der Waals surface area (Å²) in [5.41, 5.74) is 0.488. The smallest absolute Gasteiger partial charge is 0.297 e. The Kier molecular flexibility index (Phi) is 4.97. The number of fused-ring (bicyclic) bond motifs is 2. The number of carbonyl (C=O) groups is 1. The van der Waals surface area contributed by atoms with Crippen molar-refractivity contribution in [3.63, 3.8) is 0 Å². The Bertz CT molecular complexity index is 1410. The van der Waals surface area contributed by atoms with Crippen molar-refractivity contribution in [3.8, 4) is 5.75 Å². The van der Waals surface area contributed by atoms with Gasteiger partial charge in [0.25, 0.3) is 5.91 Å². The van der Waals surface area contributed by atoms with E-state index >= 15 is 0 Å². The number of amides is 1. The number of hydrogen-bond donors (Lipinski definition) is 0. The highest BCUT2D eigenvalue weighted by Gasteiger charge is 2.45. The third kappa shape index (κ3) is 3.16. The van der Waals surface area contributed by atoms with Crippen LogP contribution < -0.4 is 15.1 Å². The normalized spacial score (nSPS) is 15.4. The van der Waals surface area contributed by atoms with Gasteiger partial charge in [0, 0.05) is 6.42 Å². The van der Waals surface area contributed by atoms with Crippen LogP contribution in [0.5, 0.6) is 5.75 Å². The Labute approximate surface area is 186 Å². The van der Waals surface area contributed by atoms with Gasteiger partial charge in [-0.1, -0.05) is 30.4 Å². The highest BCUT2D eigenvalue weighted by atomic mass is 32.1. The lowest BCUT2D eigenvalue weighted by Crippen LogP contribution is -2.29. The first-order chi connectivity index (χ1) is 15.5. The second-order valence-corrected chi connectivity index (χ2v) is 8.44. The third-order valence-electron chi connectivity index (χ3n) is 5.37. The van der Waals surface area contributed by atoms with Gasteiger partial charge in [-0.25, -0.2) is 4.39 Å². The molecule has 0 spiro atoms. The van der Waals surface area contributed by atoms with E-state index in [1.54, 1.807) is 24.3 Å². The lowest BCUT2D eigenvalue weighted by molar-refractivity contribution is 0.0970. The van der Waals surface area contributed by atoms with E-state index < -0.39 is 23.2 Å². The van der Waals surface area contributed by atoms with Gasteiger partial charge < -0.3 is 9.15 Å². The fourth-order valence-electron chi connectivity index (χ4n) is 3.93. The predicted octanol–water partition coefficient (Wildman–Crippen LogP) is 4.49. The van der Waals surface area contributed by atoms with Crippen LogP contribution >= 0.6 is 11.3 Å². The minimum atomic E-state index is -0.807. The summed E-state index contributed by atoms with van der Waals surface area (Å²) in [6.07, 6.45) is 1.62. The number of benzene rings is 2. The number of rotatable bonds is 5.